The Bertz CT molecular complexity index is 256. The predicted octanol–water partition coefficient (Wildman–Crippen LogP) is 0.761. The van der Waals surface area contributed by atoms with Gasteiger partial charge in [0.05, 0.1) is 0 Å². The van der Waals surface area contributed by atoms with E-state index in [0.29, 0.717) is 6.42 Å². The number of hydrogen-bond acceptors (Lipinski definition) is 3. The monoisotopic (exact) mass is 193 g/mol. The first kappa shape index (κ1) is 11.6. The molecule has 0 aromatic heterocycles. The smallest absolute Gasteiger partial charge is 0.281 e. The van der Waals surface area contributed by atoms with E-state index in [4.69, 9.17) is 10.3 Å². The van der Waals surface area contributed by atoms with E-state index >= 15 is 0 Å². The van der Waals surface area contributed by atoms with Crippen LogP contribution in [0.15, 0.2) is 12.7 Å². The molecule has 0 heterocycles. The van der Waals surface area contributed by atoms with Gasteiger partial charge in [0.25, 0.3) is 10.1 Å². The molecule has 0 aromatic carbocycles. The van der Waals surface area contributed by atoms with Crippen LogP contribution in [0.4, 0.5) is 0 Å². The molecule has 0 radical (unpaired) electrons. The van der Waals surface area contributed by atoms with Gasteiger partial charge in [-0.1, -0.05) is 19.9 Å². The summed E-state index contributed by atoms with van der Waals surface area (Å²) in [5.74, 6) is 0. The second-order valence-electron chi connectivity index (χ2n) is 3.42. The minimum atomic E-state index is -4.15. The molecule has 0 aromatic rings. The molecule has 0 spiro atoms. The van der Waals surface area contributed by atoms with Crippen molar-refractivity contribution in [3.8, 4) is 0 Å². The van der Waals surface area contributed by atoms with E-state index in [1.54, 1.807) is 19.9 Å². The summed E-state index contributed by atoms with van der Waals surface area (Å²) in [6.07, 6.45) is 2.01. The fourth-order valence-corrected chi connectivity index (χ4v) is 1.79. The van der Waals surface area contributed by atoms with Crippen molar-refractivity contribution in [1.82, 2.24) is 0 Å². The summed E-state index contributed by atoms with van der Waals surface area (Å²) in [6.45, 7) is 6.80. The van der Waals surface area contributed by atoms with Crippen molar-refractivity contribution in [2.24, 2.45) is 11.1 Å². The largest absolute Gasteiger partial charge is 0.313 e. The molecule has 12 heavy (non-hydrogen) atoms. The van der Waals surface area contributed by atoms with Gasteiger partial charge in [-0.2, -0.15) is 8.42 Å². The first-order valence-electron chi connectivity index (χ1n) is 3.54. The molecule has 3 N–H and O–H groups in total. The van der Waals surface area contributed by atoms with Gasteiger partial charge in [0.1, 0.15) is 5.37 Å². The number of rotatable bonds is 4. The van der Waals surface area contributed by atoms with Crippen LogP contribution in [0, 0.1) is 5.41 Å². The molecule has 0 fully saturated rings. The SMILES string of the molecule is C=CCC(C)(C)C(N)S(=O)(=O)O. The van der Waals surface area contributed by atoms with Gasteiger partial charge in [0, 0.05) is 5.41 Å². The van der Waals surface area contributed by atoms with Crippen molar-refractivity contribution in [3.63, 3.8) is 0 Å². The van der Waals surface area contributed by atoms with Crippen molar-refractivity contribution >= 4 is 10.1 Å². The van der Waals surface area contributed by atoms with E-state index in [9.17, 15) is 8.42 Å². The van der Waals surface area contributed by atoms with Crippen molar-refractivity contribution in [1.29, 1.82) is 0 Å². The van der Waals surface area contributed by atoms with Gasteiger partial charge in [-0.15, -0.1) is 6.58 Å². The molecular weight excluding hydrogens is 178 g/mol. The van der Waals surface area contributed by atoms with Crippen LogP contribution < -0.4 is 5.73 Å². The van der Waals surface area contributed by atoms with Crippen LogP contribution in [0.3, 0.4) is 0 Å². The maximum atomic E-state index is 10.6. The van der Waals surface area contributed by atoms with Gasteiger partial charge < -0.3 is 5.73 Å². The van der Waals surface area contributed by atoms with Crippen LogP contribution in [-0.2, 0) is 10.1 Å². The summed E-state index contributed by atoms with van der Waals surface area (Å²) >= 11 is 0. The Hall–Kier alpha value is -0.390. The van der Waals surface area contributed by atoms with Crippen molar-refractivity contribution < 1.29 is 13.0 Å². The highest BCUT2D eigenvalue weighted by Gasteiger charge is 2.34. The fourth-order valence-electron chi connectivity index (χ4n) is 0.891. The molecule has 0 bridgehead atoms. The van der Waals surface area contributed by atoms with E-state index < -0.39 is 20.9 Å². The Morgan fingerprint density at radius 1 is 1.67 bits per heavy atom. The highest BCUT2D eigenvalue weighted by Crippen LogP contribution is 2.26. The molecule has 0 aliphatic heterocycles. The fraction of sp³-hybridized carbons (Fsp3) is 0.714. The average molecular weight is 193 g/mol. The van der Waals surface area contributed by atoms with Crippen LogP contribution >= 0.6 is 0 Å². The summed E-state index contributed by atoms with van der Waals surface area (Å²) in [5, 5.41) is -1.26. The lowest BCUT2D eigenvalue weighted by atomic mass is 9.89. The number of hydrogen-bond donors (Lipinski definition) is 2. The molecule has 1 unspecified atom stereocenters. The minimum absolute atomic E-state index is 0.438. The Balaban J connectivity index is 4.68. The first-order valence-corrected chi connectivity index (χ1v) is 5.05. The number of nitrogens with two attached hydrogens (primary N) is 1. The van der Waals surface area contributed by atoms with E-state index in [-0.39, 0.29) is 0 Å². The summed E-state index contributed by atoms with van der Waals surface area (Å²) in [4.78, 5) is 0. The van der Waals surface area contributed by atoms with Gasteiger partial charge in [0.2, 0.25) is 0 Å². The molecule has 0 aliphatic rings. The van der Waals surface area contributed by atoms with Gasteiger partial charge in [0.15, 0.2) is 0 Å². The van der Waals surface area contributed by atoms with Crippen molar-refractivity contribution in [2.45, 2.75) is 25.6 Å². The van der Waals surface area contributed by atoms with Crippen LogP contribution in [0.2, 0.25) is 0 Å². The maximum Gasteiger partial charge on any atom is 0.281 e. The second-order valence-corrected chi connectivity index (χ2v) is 4.95. The Labute approximate surface area is 73.2 Å². The van der Waals surface area contributed by atoms with Gasteiger partial charge in [-0.25, -0.2) is 0 Å². The van der Waals surface area contributed by atoms with E-state index in [1.165, 1.54) is 0 Å². The molecule has 5 heteroatoms. The molecule has 0 amide bonds. The molecule has 0 saturated carbocycles. The number of allylic oxidation sites excluding steroid dienone is 1. The van der Waals surface area contributed by atoms with Gasteiger partial charge >= 0.3 is 0 Å². The Morgan fingerprint density at radius 3 is 2.33 bits per heavy atom. The van der Waals surface area contributed by atoms with Crippen LogP contribution in [0.25, 0.3) is 0 Å². The molecule has 4 nitrogen and oxygen atoms in total. The third kappa shape index (κ3) is 2.92. The molecule has 0 rings (SSSR count). The molecule has 1 atom stereocenters. The second kappa shape index (κ2) is 3.55. The Morgan fingerprint density at radius 2 is 2.08 bits per heavy atom. The third-order valence-electron chi connectivity index (χ3n) is 1.76. The lowest BCUT2D eigenvalue weighted by Gasteiger charge is -2.27. The zero-order valence-electron chi connectivity index (χ0n) is 7.32. The lowest BCUT2D eigenvalue weighted by Crippen LogP contribution is -2.43. The van der Waals surface area contributed by atoms with Gasteiger partial charge in [-0.3, -0.25) is 4.55 Å². The topological polar surface area (TPSA) is 80.4 Å². The van der Waals surface area contributed by atoms with E-state index in [0.717, 1.165) is 0 Å². The average Bonchev–Trinajstić information content (AvgIpc) is 1.84. The highest BCUT2D eigenvalue weighted by molar-refractivity contribution is 7.86. The molecular formula is C7H15NO3S. The quantitative estimate of drug-likeness (QED) is 0.510. The summed E-state index contributed by atoms with van der Waals surface area (Å²) in [5.41, 5.74) is 4.64. The molecule has 0 saturated heterocycles. The van der Waals surface area contributed by atoms with Crippen molar-refractivity contribution in [3.05, 3.63) is 12.7 Å². The summed E-state index contributed by atoms with van der Waals surface area (Å²) in [6, 6.07) is 0. The third-order valence-corrected chi connectivity index (χ3v) is 3.04. The first-order chi connectivity index (χ1) is 5.22. The van der Waals surface area contributed by atoms with E-state index in [1.807, 2.05) is 0 Å². The normalized spacial score (nSPS) is 15.7. The summed E-state index contributed by atoms with van der Waals surface area (Å²) < 4.78 is 30.0. The zero-order valence-corrected chi connectivity index (χ0v) is 8.13. The van der Waals surface area contributed by atoms with Crippen molar-refractivity contribution in [2.75, 3.05) is 0 Å². The Kier molecular flexibility index (Phi) is 3.44. The maximum absolute atomic E-state index is 10.6. The molecule has 72 valence electrons. The van der Waals surface area contributed by atoms with Crippen LogP contribution in [0.5, 0.6) is 0 Å². The predicted molar refractivity (Wildman–Crippen MR) is 48.1 cm³/mol. The van der Waals surface area contributed by atoms with E-state index in [2.05, 4.69) is 6.58 Å². The van der Waals surface area contributed by atoms with Crippen LogP contribution in [0.1, 0.15) is 20.3 Å². The van der Waals surface area contributed by atoms with Crippen LogP contribution in [-0.4, -0.2) is 18.3 Å². The van der Waals surface area contributed by atoms with Gasteiger partial charge in [-0.05, 0) is 6.42 Å². The zero-order chi connectivity index (χ0) is 9.99. The highest BCUT2D eigenvalue weighted by atomic mass is 32.2. The molecule has 0 aliphatic carbocycles. The summed E-state index contributed by atoms with van der Waals surface area (Å²) in [7, 11) is -4.15. The standard InChI is InChI=1S/C7H15NO3S/c1-4-5-7(2,3)6(8)12(9,10)11/h4,6H,1,5,8H2,2-3H3,(H,9,10,11). The lowest BCUT2D eigenvalue weighted by molar-refractivity contribution is 0.326. The minimum Gasteiger partial charge on any atom is -0.313 e.